The van der Waals surface area contributed by atoms with Gasteiger partial charge in [-0.2, -0.15) is 4.57 Å². The van der Waals surface area contributed by atoms with Crippen LogP contribution in [0.15, 0.2) is 65.7 Å². The van der Waals surface area contributed by atoms with E-state index < -0.39 is 10.0 Å². The van der Waals surface area contributed by atoms with E-state index in [1.165, 1.54) is 0 Å². The Hall–Kier alpha value is -1.67. The molecule has 1 heterocycles. The molecule has 0 saturated carbocycles. The molecule has 0 aliphatic rings. The third kappa shape index (κ3) is 3.64. The number of nitrogens with one attached hydrogen (secondary N) is 1. The number of fused-ring (bicyclic) bond motifs is 1. The fourth-order valence-corrected chi connectivity index (χ4v) is 3.51. The Kier molecular flexibility index (Phi) is 5.26. The number of nitrogens with zero attached hydrogens (tertiary/aromatic N) is 1. The van der Waals surface area contributed by atoms with E-state index in [4.69, 9.17) is 0 Å². The van der Waals surface area contributed by atoms with Gasteiger partial charge >= 0.3 is 0 Å². The van der Waals surface area contributed by atoms with Crippen molar-refractivity contribution in [2.45, 2.75) is 11.8 Å². The number of pyridine rings is 1. The molecule has 0 saturated heterocycles. The van der Waals surface area contributed by atoms with Gasteiger partial charge in [0.25, 0.3) is 10.0 Å². The normalized spacial score (nSPS) is 11.0. The maximum Gasteiger partial charge on any atom is 0.262 e. The van der Waals surface area contributed by atoms with E-state index >= 15 is 0 Å². The van der Waals surface area contributed by atoms with Crippen molar-refractivity contribution in [3.63, 3.8) is 0 Å². The summed E-state index contributed by atoms with van der Waals surface area (Å²) in [6, 6.07) is 16.3. The SMILES string of the molecule is Cc1ccc(S(=O)(=O)Nc2cccc3ccc[n+](C)c23)cc1.[I-]. The first-order chi connectivity index (χ1) is 10.5. The molecule has 1 N–H and O–H groups in total. The molecule has 6 heteroatoms. The molecule has 1 aromatic heterocycles. The Balaban J connectivity index is 0.00000192. The summed E-state index contributed by atoms with van der Waals surface area (Å²) in [5.74, 6) is 0. The number of para-hydroxylation sites is 1. The number of sulfonamides is 1. The van der Waals surface area contributed by atoms with Gasteiger partial charge in [0.2, 0.25) is 5.52 Å². The minimum absolute atomic E-state index is 0. The second kappa shape index (κ2) is 6.84. The first kappa shape index (κ1) is 17.7. The second-order valence-corrected chi connectivity index (χ2v) is 6.96. The third-order valence-corrected chi connectivity index (χ3v) is 4.96. The standard InChI is InChI=1S/C17H17N2O2S.HI/c1-13-8-10-15(11-9-13)22(20,21)18-16-7-3-5-14-6-4-12-19(2)17(14)16;/h3-12,18H,1-2H3;1H/q+1;/p-1. The van der Waals surface area contributed by atoms with Crippen molar-refractivity contribution >= 4 is 26.6 Å². The molecule has 0 bridgehead atoms. The number of benzene rings is 2. The van der Waals surface area contributed by atoms with Crippen molar-refractivity contribution in [2.75, 3.05) is 4.72 Å². The molecule has 120 valence electrons. The molecule has 23 heavy (non-hydrogen) atoms. The zero-order valence-corrected chi connectivity index (χ0v) is 15.8. The number of anilines is 1. The summed E-state index contributed by atoms with van der Waals surface area (Å²) in [5.41, 5.74) is 2.44. The van der Waals surface area contributed by atoms with Crippen molar-refractivity contribution in [2.24, 2.45) is 7.05 Å². The smallest absolute Gasteiger partial charge is 0.262 e. The van der Waals surface area contributed by atoms with Crippen LogP contribution in [0.3, 0.4) is 0 Å². The van der Waals surface area contributed by atoms with Crippen LogP contribution >= 0.6 is 0 Å². The highest BCUT2D eigenvalue weighted by Gasteiger charge is 2.18. The first-order valence-electron chi connectivity index (χ1n) is 6.94. The maximum absolute atomic E-state index is 12.5. The molecule has 0 radical (unpaired) electrons. The molecule has 4 nitrogen and oxygen atoms in total. The highest BCUT2D eigenvalue weighted by molar-refractivity contribution is 7.92. The van der Waals surface area contributed by atoms with Crippen LogP contribution in [0.5, 0.6) is 0 Å². The molecule has 0 aliphatic carbocycles. The minimum atomic E-state index is -3.60. The average Bonchev–Trinajstić information content (AvgIpc) is 2.47. The predicted molar refractivity (Wildman–Crippen MR) is 87.1 cm³/mol. The maximum atomic E-state index is 12.5. The topological polar surface area (TPSA) is 50.1 Å². The molecule has 0 spiro atoms. The predicted octanol–water partition coefficient (Wildman–Crippen LogP) is -0.222. The van der Waals surface area contributed by atoms with Gasteiger partial charge in [0, 0.05) is 11.5 Å². The van der Waals surface area contributed by atoms with Crippen molar-refractivity contribution in [1.82, 2.24) is 0 Å². The van der Waals surface area contributed by atoms with Gasteiger partial charge in [-0.15, -0.1) is 0 Å². The number of hydrogen-bond acceptors (Lipinski definition) is 2. The van der Waals surface area contributed by atoms with Gasteiger partial charge in [-0.1, -0.05) is 23.8 Å². The van der Waals surface area contributed by atoms with E-state index in [-0.39, 0.29) is 28.9 Å². The highest BCUT2D eigenvalue weighted by Crippen LogP contribution is 2.23. The van der Waals surface area contributed by atoms with E-state index in [1.807, 2.05) is 49.0 Å². The lowest BCUT2D eigenvalue weighted by Crippen LogP contribution is -3.00. The molecule has 0 unspecified atom stereocenters. The number of aromatic nitrogens is 1. The van der Waals surface area contributed by atoms with Gasteiger partial charge in [-0.25, -0.2) is 8.42 Å². The summed E-state index contributed by atoms with van der Waals surface area (Å²) in [5, 5.41) is 0.981. The first-order valence-corrected chi connectivity index (χ1v) is 8.42. The van der Waals surface area contributed by atoms with Crippen LogP contribution in [-0.2, 0) is 17.1 Å². The summed E-state index contributed by atoms with van der Waals surface area (Å²) >= 11 is 0. The molecule has 3 aromatic rings. The largest absolute Gasteiger partial charge is 1.00 e. The third-order valence-electron chi connectivity index (χ3n) is 3.58. The lowest BCUT2D eigenvalue weighted by molar-refractivity contribution is -0.644. The van der Waals surface area contributed by atoms with Gasteiger partial charge < -0.3 is 24.0 Å². The molecule has 3 rings (SSSR count). The number of rotatable bonds is 3. The number of hydrogen-bond donors (Lipinski definition) is 1. The zero-order chi connectivity index (χ0) is 15.7. The summed E-state index contributed by atoms with van der Waals surface area (Å²) in [6.07, 6.45) is 1.89. The van der Waals surface area contributed by atoms with Crippen LogP contribution in [0.1, 0.15) is 5.56 Å². The van der Waals surface area contributed by atoms with Crippen molar-refractivity contribution < 1.29 is 37.0 Å². The van der Waals surface area contributed by atoms with E-state index in [0.29, 0.717) is 5.69 Å². The van der Waals surface area contributed by atoms with Crippen LogP contribution in [0.2, 0.25) is 0 Å². The Labute approximate surface area is 153 Å². The highest BCUT2D eigenvalue weighted by atomic mass is 127. The summed E-state index contributed by atoms with van der Waals surface area (Å²) < 4.78 is 29.7. The van der Waals surface area contributed by atoms with E-state index in [2.05, 4.69) is 4.72 Å². The van der Waals surface area contributed by atoms with Crippen LogP contribution in [0.4, 0.5) is 5.69 Å². The van der Waals surface area contributed by atoms with E-state index in [0.717, 1.165) is 16.5 Å². The van der Waals surface area contributed by atoms with Gasteiger partial charge in [0.15, 0.2) is 6.20 Å². The average molecular weight is 440 g/mol. The van der Waals surface area contributed by atoms with Crippen LogP contribution in [0, 0.1) is 6.92 Å². The Morgan fingerprint density at radius 2 is 1.61 bits per heavy atom. The van der Waals surface area contributed by atoms with Crippen LogP contribution in [-0.4, -0.2) is 8.42 Å². The fraction of sp³-hybridized carbons (Fsp3) is 0.118. The monoisotopic (exact) mass is 440 g/mol. The Morgan fingerprint density at radius 1 is 0.957 bits per heavy atom. The molecule has 0 amide bonds. The molecule has 0 atom stereocenters. The fourth-order valence-electron chi connectivity index (χ4n) is 2.44. The zero-order valence-electron chi connectivity index (χ0n) is 12.8. The molecule has 0 aliphatic heterocycles. The van der Waals surface area contributed by atoms with Gasteiger partial charge in [-0.3, -0.25) is 4.72 Å². The lowest BCUT2D eigenvalue weighted by Gasteiger charge is -2.09. The Morgan fingerprint density at radius 3 is 2.30 bits per heavy atom. The summed E-state index contributed by atoms with van der Waals surface area (Å²) in [6.45, 7) is 1.93. The number of aryl methyl sites for hydroxylation is 2. The summed E-state index contributed by atoms with van der Waals surface area (Å²) in [7, 11) is -1.71. The van der Waals surface area contributed by atoms with Crippen LogP contribution < -0.4 is 33.3 Å². The molecule has 2 aromatic carbocycles. The van der Waals surface area contributed by atoms with E-state index in [1.54, 1.807) is 30.3 Å². The number of halogens is 1. The van der Waals surface area contributed by atoms with Gasteiger partial charge in [0.1, 0.15) is 12.7 Å². The van der Waals surface area contributed by atoms with Gasteiger partial charge in [0.05, 0.1) is 4.90 Å². The van der Waals surface area contributed by atoms with Crippen molar-refractivity contribution in [3.8, 4) is 0 Å². The minimum Gasteiger partial charge on any atom is -1.00 e. The molecular formula is C17H17IN2O2S. The lowest BCUT2D eigenvalue weighted by atomic mass is 10.2. The van der Waals surface area contributed by atoms with Crippen molar-refractivity contribution in [3.05, 3.63) is 66.4 Å². The summed E-state index contributed by atoms with van der Waals surface area (Å²) in [4.78, 5) is 0.258. The van der Waals surface area contributed by atoms with E-state index in [9.17, 15) is 8.42 Å². The molecule has 0 fully saturated rings. The molecular weight excluding hydrogens is 423 g/mol. The van der Waals surface area contributed by atoms with Gasteiger partial charge in [-0.05, 0) is 37.3 Å². The van der Waals surface area contributed by atoms with Crippen LogP contribution in [0.25, 0.3) is 10.9 Å². The quantitative estimate of drug-likeness (QED) is 0.453. The Bertz CT molecular complexity index is 933. The van der Waals surface area contributed by atoms with Crippen molar-refractivity contribution in [1.29, 1.82) is 0 Å². The second-order valence-electron chi connectivity index (χ2n) is 5.28.